The largest absolute Gasteiger partial charge is 0.379 e. The average molecular weight is 417 g/mol. The summed E-state index contributed by atoms with van der Waals surface area (Å²) in [5, 5.41) is 17.7. The Bertz CT molecular complexity index is 1320. The van der Waals surface area contributed by atoms with Crippen LogP contribution in [0.5, 0.6) is 0 Å². The fourth-order valence-corrected chi connectivity index (χ4v) is 3.28. The molecule has 0 saturated carbocycles. The van der Waals surface area contributed by atoms with Crippen molar-refractivity contribution >= 4 is 16.9 Å². The molecule has 158 valence electrons. The van der Waals surface area contributed by atoms with E-state index in [1.54, 1.807) is 13.8 Å². The zero-order valence-electron chi connectivity index (χ0n) is 17.5. The zero-order valence-corrected chi connectivity index (χ0v) is 17.5. The highest BCUT2D eigenvalue weighted by molar-refractivity contribution is 5.88. The van der Waals surface area contributed by atoms with Crippen molar-refractivity contribution in [3.05, 3.63) is 41.6 Å². The van der Waals surface area contributed by atoms with Gasteiger partial charge in [0.1, 0.15) is 16.8 Å². The number of rotatable bonds is 4. The van der Waals surface area contributed by atoms with Crippen LogP contribution in [0, 0.1) is 11.8 Å². The molecule has 0 bridgehead atoms. The molecule has 31 heavy (non-hydrogen) atoms. The third-order valence-electron chi connectivity index (χ3n) is 4.72. The number of nitrogens with two attached hydrogens (primary N) is 2. The van der Waals surface area contributed by atoms with Gasteiger partial charge in [-0.15, -0.1) is 0 Å². The molecule has 0 radical (unpaired) electrons. The summed E-state index contributed by atoms with van der Waals surface area (Å²) in [4.78, 5) is 9.46. The van der Waals surface area contributed by atoms with Crippen molar-refractivity contribution in [2.45, 2.75) is 39.5 Å². The lowest BCUT2D eigenvalue weighted by molar-refractivity contribution is 0.143. The molecule has 0 fully saturated rings. The summed E-state index contributed by atoms with van der Waals surface area (Å²) in [6.45, 7) is 6.25. The lowest BCUT2D eigenvalue weighted by atomic mass is 10.1. The molecule has 0 aliphatic heterocycles. The molecule has 0 aliphatic rings. The van der Waals surface area contributed by atoms with Crippen molar-refractivity contribution in [1.29, 1.82) is 0 Å². The minimum atomic E-state index is -1.18. The van der Waals surface area contributed by atoms with Gasteiger partial charge in [0.15, 0.2) is 17.3 Å². The van der Waals surface area contributed by atoms with Crippen molar-refractivity contribution in [3.63, 3.8) is 0 Å². The maximum atomic E-state index is 10.1. The number of imidazole rings is 1. The molecule has 0 saturated heterocycles. The van der Waals surface area contributed by atoms with Crippen LogP contribution in [0.1, 0.15) is 32.0 Å². The molecular formula is C22H23N7O2. The van der Waals surface area contributed by atoms with Crippen LogP contribution in [0.15, 0.2) is 35.0 Å². The number of benzene rings is 1. The molecule has 3 aromatic heterocycles. The topological polar surface area (TPSA) is 142 Å². The standard InChI is InChI=1S/C22H23N7O2/c1-4-29-17-11-16(14-7-5-6-13(10-14)12-23)25-15(8-9-22(2,3)30)18(17)26-21(29)19-20(24)28-31-27-19/h5-7,10-11,30H,4,12,23H2,1-3H3,(H2,24,28). The lowest BCUT2D eigenvalue weighted by Gasteiger charge is -2.08. The molecule has 9 nitrogen and oxygen atoms in total. The SMILES string of the molecule is CCn1c(-c2nonc2N)nc2c(C#CC(C)(C)O)nc(-c3cccc(CN)c3)cc21. The first-order valence-electron chi connectivity index (χ1n) is 9.85. The quantitative estimate of drug-likeness (QED) is 0.430. The second kappa shape index (κ2) is 7.83. The van der Waals surface area contributed by atoms with Crippen LogP contribution in [0.4, 0.5) is 5.82 Å². The fraction of sp³-hybridized carbons (Fsp3) is 0.273. The summed E-state index contributed by atoms with van der Waals surface area (Å²) in [6, 6.07) is 9.81. The second-order valence-corrected chi connectivity index (χ2v) is 7.62. The molecule has 0 atom stereocenters. The Kier molecular flexibility index (Phi) is 5.19. The molecule has 3 heterocycles. The third-order valence-corrected chi connectivity index (χ3v) is 4.72. The van der Waals surface area contributed by atoms with Gasteiger partial charge in [-0.1, -0.05) is 24.1 Å². The monoisotopic (exact) mass is 417 g/mol. The maximum Gasteiger partial charge on any atom is 0.199 e. The van der Waals surface area contributed by atoms with Gasteiger partial charge in [0, 0.05) is 18.7 Å². The highest BCUT2D eigenvalue weighted by atomic mass is 16.6. The molecule has 5 N–H and O–H groups in total. The third kappa shape index (κ3) is 3.99. The van der Waals surface area contributed by atoms with Crippen LogP contribution in [0.3, 0.4) is 0 Å². The van der Waals surface area contributed by atoms with Crippen LogP contribution >= 0.6 is 0 Å². The summed E-state index contributed by atoms with van der Waals surface area (Å²) in [6.07, 6.45) is 0. The van der Waals surface area contributed by atoms with E-state index in [1.165, 1.54) is 0 Å². The molecular weight excluding hydrogens is 394 g/mol. The van der Waals surface area contributed by atoms with Crippen molar-refractivity contribution in [2.75, 3.05) is 5.73 Å². The highest BCUT2D eigenvalue weighted by Crippen LogP contribution is 2.31. The Morgan fingerprint density at radius 2 is 2.00 bits per heavy atom. The van der Waals surface area contributed by atoms with E-state index < -0.39 is 5.60 Å². The number of fused-ring (bicyclic) bond motifs is 1. The molecule has 0 unspecified atom stereocenters. The van der Waals surface area contributed by atoms with Crippen LogP contribution in [0.25, 0.3) is 33.8 Å². The van der Waals surface area contributed by atoms with E-state index in [4.69, 9.17) is 26.1 Å². The minimum absolute atomic E-state index is 0.151. The zero-order chi connectivity index (χ0) is 22.2. The number of pyridine rings is 1. The molecule has 4 rings (SSSR count). The number of hydrogen-bond acceptors (Lipinski definition) is 8. The van der Waals surface area contributed by atoms with Crippen LogP contribution < -0.4 is 11.5 Å². The van der Waals surface area contributed by atoms with Crippen molar-refractivity contribution in [1.82, 2.24) is 24.8 Å². The minimum Gasteiger partial charge on any atom is -0.379 e. The Hall–Kier alpha value is -3.74. The summed E-state index contributed by atoms with van der Waals surface area (Å²) in [5.41, 5.74) is 15.3. The van der Waals surface area contributed by atoms with Gasteiger partial charge in [0.05, 0.1) is 11.2 Å². The molecule has 9 heteroatoms. The number of nitrogens with zero attached hydrogens (tertiary/aromatic N) is 5. The van der Waals surface area contributed by atoms with Crippen molar-refractivity contribution < 1.29 is 9.74 Å². The van der Waals surface area contributed by atoms with E-state index in [9.17, 15) is 5.11 Å². The first-order chi connectivity index (χ1) is 14.8. The van der Waals surface area contributed by atoms with Gasteiger partial charge in [-0.25, -0.2) is 14.6 Å². The number of aromatic nitrogens is 5. The summed E-state index contributed by atoms with van der Waals surface area (Å²) in [5.74, 6) is 6.48. The molecule has 4 aromatic rings. The predicted molar refractivity (Wildman–Crippen MR) is 117 cm³/mol. The lowest BCUT2D eigenvalue weighted by Crippen LogP contribution is -2.14. The first kappa shape index (κ1) is 20.5. The van der Waals surface area contributed by atoms with Gasteiger partial charge in [0.2, 0.25) is 0 Å². The van der Waals surface area contributed by atoms with Gasteiger partial charge < -0.3 is 21.1 Å². The predicted octanol–water partition coefficient (Wildman–Crippen LogP) is 2.33. The van der Waals surface area contributed by atoms with E-state index in [-0.39, 0.29) is 5.82 Å². The first-order valence-corrected chi connectivity index (χ1v) is 9.85. The number of anilines is 1. The smallest absolute Gasteiger partial charge is 0.199 e. The molecule has 0 aliphatic carbocycles. The summed E-state index contributed by atoms with van der Waals surface area (Å²) in [7, 11) is 0. The second-order valence-electron chi connectivity index (χ2n) is 7.62. The summed E-state index contributed by atoms with van der Waals surface area (Å²) < 4.78 is 6.73. The summed E-state index contributed by atoms with van der Waals surface area (Å²) >= 11 is 0. The van der Waals surface area contributed by atoms with E-state index in [0.29, 0.717) is 35.8 Å². The van der Waals surface area contributed by atoms with Crippen molar-refractivity contribution in [2.24, 2.45) is 5.73 Å². The van der Waals surface area contributed by atoms with Gasteiger partial charge >= 0.3 is 0 Å². The van der Waals surface area contributed by atoms with Gasteiger partial charge in [-0.3, -0.25) is 0 Å². The Balaban J connectivity index is 2.03. The number of hydrogen-bond donors (Lipinski definition) is 3. The Morgan fingerprint density at radius 1 is 1.19 bits per heavy atom. The van der Waals surface area contributed by atoms with Crippen LogP contribution in [-0.4, -0.2) is 35.6 Å². The normalized spacial score (nSPS) is 11.5. The number of aryl methyl sites for hydroxylation is 1. The van der Waals surface area contributed by atoms with E-state index in [2.05, 4.69) is 22.2 Å². The van der Waals surface area contributed by atoms with E-state index in [1.807, 2.05) is 41.8 Å². The Morgan fingerprint density at radius 3 is 2.65 bits per heavy atom. The molecule has 0 spiro atoms. The molecule has 1 aromatic carbocycles. The van der Waals surface area contributed by atoms with Gasteiger partial charge in [0.25, 0.3) is 0 Å². The van der Waals surface area contributed by atoms with Crippen LogP contribution in [0.2, 0.25) is 0 Å². The van der Waals surface area contributed by atoms with Crippen molar-refractivity contribution in [3.8, 4) is 34.6 Å². The highest BCUT2D eigenvalue weighted by Gasteiger charge is 2.21. The van der Waals surface area contributed by atoms with Crippen LogP contribution in [-0.2, 0) is 13.1 Å². The number of aliphatic hydroxyl groups is 1. The molecule has 0 amide bonds. The van der Waals surface area contributed by atoms with Gasteiger partial charge in [-0.05, 0) is 54.7 Å². The average Bonchev–Trinajstić information content (AvgIpc) is 3.33. The Labute approximate surface area is 179 Å². The van der Waals surface area contributed by atoms with Gasteiger partial charge in [-0.2, -0.15) is 0 Å². The van der Waals surface area contributed by atoms with E-state index >= 15 is 0 Å². The fourth-order valence-electron chi connectivity index (χ4n) is 3.28. The maximum absolute atomic E-state index is 10.1. The number of nitrogen functional groups attached to an aromatic ring is 1. The van der Waals surface area contributed by atoms with E-state index in [0.717, 1.165) is 22.3 Å².